The van der Waals surface area contributed by atoms with Crippen molar-refractivity contribution in [2.45, 2.75) is 30.4 Å². The maximum Gasteiger partial charge on any atom is 0.251 e. The van der Waals surface area contributed by atoms with Crippen LogP contribution in [0.4, 0.5) is 4.39 Å². The van der Waals surface area contributed by atoms with E-state index in [1.807, 2.05) is 0 Å². The number of sulfonamides is 1. The largest absolute Gasteiger partial charge is 0.377 e. The molecule has 2 aromatic rings. The molecule has 2 N–H and O–H groups in total. The van der Waals surface area contributed by atoms with E-state index in [2.05, 4.69) is 10.0 Å². The summed E-state index contributed by atoms with van der Waals surface area (Å²) in [4.78, 5) is 12.2. The second kappa shape index (κ2) is 9.00. The third-order valence-electron chi connectivity index (χ3n) is 4.37. The average Bonchev–Trinajstić information content (AvgIpc) is 3.20. The minimum absolute atomic E-state index is 0.0231. The molecule has 1 aliphatic heterocycles. The standard InChI is InChI=1S/C19H20ClFN2O4S/c20-17-8-5-14(19(24)22-11-13-3-6-15(21)7-4-13)10-18(17)28(25,26)23-12-16-2-1-9-27-16/h3-8,10,16,23H,1-2,9,11-12H2,(H,22,24)/t16-/m1/s1. The molecule has 2 aromatic carbocycles. The van der Waals surface area contributed by atoms with E-state index in [4.69, 9.17) is 16.3 Å². The Morgan fingerprint density at radius 1 is 1.21 bits per heavy atom. The summed E-state index contributed by atoms with van der Waals surface area (Å²) in [5.41, 5.74) is 0.874. The number of rotatable bonds is 7. The molecule has 0 aromatic heterocycles. The molecule has 6 nitrogen and oxygen atoms in total. The molecule has 0 saturated carbocycles. The molecule has 3 rings (SSSR count). The van der Waals surface area contributed by atoms with Gasteiger partial charge in [0, 0.05) is 25.3 Å². The Morgan fingerprint density at radius 2 is 1.96 bits per heavy atom. The van der Waals surface area contributed by atoms with Gasteiger partial charge in [-0.3, -0.25) is 4.79 Å². The van der Waals surface area contributed by atoms with Gasteiger partial charge in [0.2, 0.25) is 10.0 Å². The zero-order chi connectivity index (χ0) is 20.1. The van der Waals surface area contributed by atoms with Crippen LogP contribution in [0, 0.1) is 5.82 Å². The van der Waals surface area contributed by atoms with Crippen molar-refractivity contribution < 1.29 is 22.3 Å². The Bertz CT molecular complexity index is 945. The zero-order valence-electron chi connectivity index (χ0n) is 15.0. The van der Waals surface area contributed by atoms with Gasteiger partial charge < -0.3 is 10.1 Å². The molecule has 0 aliphatic carbocycles. The molecule has 1 aliphatic rings. The minimum atomic E-state index is -3.89. The number of nitrogens with one attached hydrogen (secondary N) is 2. The number of halogens is 2. The van der Waals surface area contributed by atoms with Gasteiger partial charge in [-0.2, -0.15) is 0 Å². The molecule has 0 spiro atoms. The van der Waals surface area contributed by atoms with Gasteiger partial charge in [-0.1, -0.05) is 23.7 Å². The van der Waals surface area contributed by atoms with Crippen molar-refractivity contribution in [3.8, 4) is 0 Å². The molecule has 150 valence electrons. The van der Waals surface area contributed by atoms with E-state index in [9.17, 15) is 17.6 Å². The van der Waals surface area contributed by atoms with Gasteiger partial charge >= 0.3 is 0 Å². The first-order valence-corrected chi connectivity index (χ1v) is 10.6. The van der Waals surface area contributed by atoms with Crippen molar-refractivity contribution >= 4 is 27.5 Å². The average molecular weight is 427 g/mol. The van der Waals surface area contributed by atoms with Crippen LogP contribution in [0.3, 0.4) is 0 Å². The second-order valence-electron chi connectivity index (χ2n) is 6.44. The molecular formula is C19H20ClFN2O4S. The monoisotopic (exact) mass is 426 g/mol. The molecule has 0 bridgehead atoms. The van der Waals surface area contributed by atoms with Crippen molar-refractivity contribution in [3.05, 3.63) is 64.4 Å². The highest BCUT2D eigenvalue weighted by Crippen LogP contribution is 2.23. The molecule has 1 atom stereocenters. The molecular weight excluding hydrogens is 407 g/mol. The number of carbonyl (C=O) groups is 1. The Morgan fingerprint density at radius 3 is 2.64 bits per heavy atom. The number of ether oxygens (including phenoxy) is 1. The quantitative estimate of drug-likeness (QED) is 0.713. The minimum Gasteiger partial charge on any atom is -0.377 e. The Kier molecular flexibility index (Phi) is 6.66. The highest BCUT2D eigenvalue weighted by molar-refractivity contribution is 7.89. The van der Waals surface area contributed by atoms with Crippen molar-refractivity contribution in [1.29, 1.82) is 0 Å². The first-order valence-electron chi connectivity index (χ1n) is 8.78. The second-order valence-corrected chi connectivity index (χ2v) is 8.58. The first-order chi connectivity index (χ1) is 13.3. The molecule has 1 amide bonds. The van der Waals surface area contributed by atoms with Crippen LogP contribution in [-0.2, 0) is 21.3 Å². The van der Waals surface area contributed by atoms with E-state index in [0.717, 1.165) is 18.4 Å². The highest BCUT2D eigenvalue weighted by atomic mass is 35.5. The third-order valence-corrected chi connectivity index (χ3v) is 6.28. The van der Waals surface area contributed by atoms with Crippen LogP contribution < -0.4 is 10.0 Å². The third kappa shape index (κ3) is 5.29. The molecule has 28 heavy (non-hydrogen) atoms. The molecule has 1 fully saturated rings. The van der Waals surface area contributed by atoms with E-state index < -0.39 is 15.9 Å². The van der Waals surface area contributed by atoms with Crippen LogP contribution >= 0.6 is 11.6 Å². The van der Waals surface area contributed by atoms with Crippen molar-refractivity contribution in [2.24, 2.45) is 0 Å². The van der Waals surface area contributed by atoms with Crippen LogP contribution in [-0.4, -0.2) is 33.6 Å². The summed E-state index contributed by atoms with van der Waals surface area (Å²) in [6, 6.07) is 9.77. The van der Waals surface area contributed by atoms with Gasteiger partial charge in [-0.15, -0.1) is 0 Å². The van der Waals surface area contributed by atoms with Gasteiger partial charge in [0.25, 0.3) is 5.91 Å². The predicted molar refractivity (Wildman–Crippen MR) is 103 cm³/mol. The SMILES string of the molecule is O=C(NCc1ccc(F)cc1)c1ccc(Cl)c(S(=O)(=O)NC[C@H]2CCCO2)c1. The van der Waals surface area contributed by atoms with Crippen molar-refractivity contribution in [3.63, 3.8) is 0 Å². The lowest BCUT2D eigenvalue weighted by Gasteiger charge is -2.13. The smallest absolute Gasteiger partial charge is 0.251 e. The Balaban J connectivity index is 1.68. The molecule has 1 saturated heterocycles. The van der Waals surface area contributed by atoms with E-state index in [-0.39, 0.29) is 40.5 Å². The Hall–Kier alpha value is -2.00. The number of carbonyl (C=O) groups excluding carboxylic acids is 1. The van der Waals surface area contributed by atoms with Crippen molar-refractivity contribution in [2.75, 3.05) is 13.2 Å². The van der Waals surface area contributed by atoms with Gasteiger partial charge in [-0.25, -0.2) is 17.5 Å². The maximum atomic E-state index is 12.9. The number of benzene rings is 2. The first kappa shape index (κ1) is 20.7. The van der Waals surface area contributed by atoms with E-state index in [0.29, 0.717) is 6.61 Å². The number of hydrogen-bond acceptors (Lipinski definition) is 4. The van der Waals surface area contributed by atoms with Crippen LogP contribution in [0.1, 0.15) is 28.8 Å². The molecule has 9 heteroatoms. The predicted octanol–water partition coefficient (Wildman–Crippen LogP) is 2.87. The van der Waals surface area contributed by atoms with Gasteiger partial charge in [0.05, 0.1) is 11.1 Å². The summed E-state index contributed by atoms with van der Waals surface area (Å²) in [7, 11) is -3.89. The maximum absolute atomic E-state index is 12.9. The van der Waals surface area contributed by atoms with Crippen LogP contribution in [0.2, 0.25) is 5.02 Å². The lowest BCUT2D eigenvalue weighted by molar-refractivity contribution is 0.0950. The van der Waals surface area contributed by atoms with Crippen LogP contribution in [0.15, 0.2) is 47.4 Å². The zero-order valence-corrected chi connectivity index (χ0v) is 16.5. The van der Waals surface area contributed by atoms with Crippen molar-refractivity contribution in [1.82, 2.24) is 10.0 Å². The lowest BCUT2D eigenvalue weighted by Crippen LogP contribution is -2.32. The topological polar surface area (TPSA) is 84.5 Å². The van der Waals surface area contributed by atoms with E-state index in [1.165, 1.54) is 30.3 Å². The Labute approximate surface area is 168 Å². The summed E-state index contributed by atoms with van der Waals surface area (Å²) in [5.74, 6) is -0.824. The molecule has 1 heterocycles. The normalized spacial score (nSPS) is 16.9. The fourth-order valence-electron chi connectivity index (χ4n) is 2.82. The summed E-state index contributed by atoms with van der Waals surface area (Å²) in [5, 5.41) is 2.69. The molecule has 0 radical (unpaired) electrons. The van der Waals surface area contributed by atoms with Crippen LogP contribution in [0.5, 0.6) is 0 Å². The number of hydrogen-bond donors (Lipinski definition) is 2. The van der Waals surface area contributed by atoms with Gasteiger partial charge in [0.1, 0.15) is 10.7 Å². The fraction of sp³-hybridized carbons (Fsp3) is 0.316. The van der Waals surface area contributed by atoms with Gasteiger partial charge in [0.15, 0.2) is 0 Å². The highest BCUT2D eigenvalue weighted by Gasteiger charge is 2.23. The number of amides is 1. The summed E-state index contributed by atoms with van der Waals surface area (Å²) in [6.07, 6.45) is 1.54. The molecule has 0 unspecified atom stereocenters. The van der Waals surface area contributed by atoms with Crippen LogP contribution in [0.25, 0.3) is 0 Å². The van der Waals surface area contributed by atoms with E-state index >= 15 is 0 Å². The lowest BCUT2D eigenvalue weighted by atomic mass is 10.2. The summed E-state index contributed by atoms with van der Waals surface area (Å²) < 4.78 is 46.0. The summed E-state index contributed by atoms with van der Waals surface area (Å²) in [6.45, 7) is 0.956. The van der Waals surface area contributed by atoms with E-state index in [1.54, 1.807) is 12.1 Å². The van der Waals surface area contributed by atoms with Gasteiger partial charge in [-0.05, 0) is 48.7 Å². The fourth-order valence-corrected chi connectivity index (χ4v) is 4.41. The summed E-state index contributed by atoms with van der Waals surface area (Å²) >= 11 is 6.05.